The van der Waals surface area contributed by atoms with E-state index < -0.39 is 0 Å². The molecule has 1 heterocycles. The van der Waals surface area contributed by atoms with Crippen molar-refractivity contribution in [2.45, 2.75) is 38.6 Å². The molecular formula is C24H25NO2. The molecular weight excluding hydrogens is 334 g/mol. The molecule has 0 spiro atoms. The van der Waals surface area contributed by atoms with Crippen LogP contribution in [0.15, 0.2) is 71.3 Å². The highest BCUT2D eigenvalue weighted by atomic mass is 16.3. The normalized spacial score (nSPS) is 15.6. The van der Waals surface area contributed by atoms with E-state index in [0.29, 0.717) is 0 Å². The molecule has 1 aliphatic carbocycles. The number of ketones is 1. The monoisotopic (exact) mass is 359 g/mol. The lowest BCUT2D eigenvalue weighted by molar-refractivity contribution is 0.0912. The molecule has 0 fully saturated rings. The molecule has 3 nitrogen and oxygen atoms in total. The SMILES string of the molecule is CC(C(=O)c1ccccc1)C(Nc1cccc2c1CCCC2)c1ccco1. The number of carbonyl (C=O) groups excluding carboxylic acids is 1. The lowest BCUT2D eigenvalue weighted by atomic mass is 9.88. The summed E-state index contributed by atoms with van der Waals surface area (Å²) in [6.45, 7) is 1.98. The van der Waals surface area contributed by atoms with Crippen LogP contribution in [-0.2, 0) is 12.8 Å². The largest absolute Gasteiger partial charge is 0.467 e. The number of aryl methyl sites for hydroxylation is 1. The topological polar surface area (TPSA) is 42.2 Å². The van der Waals surface area contributed by atoms with E-state index in [0.717, 1.165) is 29.9 Å². The van der Waals surface area contributed by atoms with Gasteiger partial charge in [-0.05, 0) is 55.0 Å². The Morgan fingerprint density at radius 1 is 0.963 bits per heavy atom. The number of benzene rings is 2. The average molecular weight is 359 g/mol. The summed E-state index contributed by atoms with van der Waals surface area (Å²) >= 11 is 0. The zero-order valence-corrected chi connectivity index (χ0v) is 15.7. The highest BCUT2D eigenvalue weighted by Crippen LogP contribution is 2.34. The van der Waals surface area contributed by atoms with Crippen LogP contribution in [0.5, 0.6) is 0 Å². The second-order valence-corrected chi connectivity index (χ2v) is 7.31. The van der Waals surface area contributed by atoms with E-state index in [2.05, 4.69) is 23.5 Å². The van der Waals surface area contributed by atoms with Crippen molar-refractivity contribution in [1.82, 2.24) is 0 Å². The maximum Gasteiger partial charge on any atom is 0.168 e. The Kier molecular flexibility index (Phi) is 5.10. The van der Waals surface area contributed by atoms with Crippen LogP contribution in [0.25, 0.3) is 0 Å². The van der Waals surface area contributed by atoms with Gasteiger partial charge in [-0.2, -0.15) is 0 Å². The fourth-order valence-electron chi connectivity index (χ4n) is 4.01. The molecule has 0 aliphatic heterocycles. The summed E-state index contributed by atoms with van der Waals surface area (Å²) in [5, 5.41) is 3.65. The molecule has 27 heavy (non-hydrogen) atoms. The van der Waals surface area contributed by atoms with Crippen molar-refractivity contribution < 1.29 is 9.21 Å². The summed E-state index contributed by atoms with van der Waals surface area (Å²) < 4.78 is 5.70. The van der Waals surface area contributed by atoms with Crippen LogP contribution in [-0.4, -0.2) is 5.78 Å². The number of nitrogens with one attached hydrogen (secondary N) is 1. The van der Waals surface area contributed by atoms with Gasteiger partial charge in [0.1, 0.15) is 5.76 Å². The van der Waals surface area contributed by atoms with Gasteiger partial charge in [0, 0.05) is 17.2 Å². The summed E-state index contributed by atoms with van der Waals surface area (Å²) in [7, 11) is 0. The van der Waals surface area contributed by atoms with E-state index in [-0.39, 0.29) is 17.7 Å². The fourth-order valence-corrected chi connectivity index (χ4v) is 4.01. The van der Waals surface area contributed by atoms with Gasteiger partial charge >= 0.3 is 0 Å². The molecule has 0 amide bonds. The van der Waals surface area contributed by atoms with Crippen LogP contribution < -0.4 is 5.32 Å². The maximum atomic E-state index is 13.1. The second-order valence-electron chi connectivity index (χ2n) is 7.31. The smallest absolute Gasteiger partial charge is 0.168 e. The standard InChI is InChI=1S/C24H25NO2/c1-17(24(26)19-10-3-2-4-11-19)23(22-15-8-16-27-22)25-21-14-7-12-18-9-5-6-13-20(18)21/h2-4,7-8,10-12,14-17,23,25H,5-6,9,13H2,1H3. The summed E-state index contributed by atoms with van der Waals surface area (Å²) in [6, 6.07) is 19.6. The molecule has 138 valence electrons. The zero-order valence-electron chi connectivity index (χ0n) is 15.7. The van der Waals surface area contributed by atoms with Crippen molar-refractivity contribution in [2.24, 2.45) is 5.92 Å². The number of carbonyl (C=O) groups is 1. The quantitative estimate of drug-likeness (QED) is 0.563. The minimum absolute atomic E-state index is 0.120. The molecule has 1 aromatic heterocycles. The van der Waals surface area contributed by atoms with Gasteiger partial charge in [0.15, 0.2) is 5.78 Å². The van der Waals surface area contributed by atoms with Crippen LogP contribution >= 0.6 is 0 Å². The van der Waals surface area contributed by atoms with E-state index in [1.807, 2.05) is 49.4 Å². The first kappa shape index (κ1) is 17.6. The Morgan fingerprint density at radius 3 is 2.56 bits per heavy atom. The molecule has 2 aromatic carbocycles. The van der Waals surface area contributed by atoms with Crippen molar-refractivity contribution in [1.29, 1.82) is 0 Å². The Hall–Kier alpha value is -2.81. The van der Waals surface area contributed by atoms with E-state index in [1.54, 1.807) is 6.26 Å². The molecule has 3 aromatic rings. The molecule has 4 rings (SSSR count). The Labute approximate surface area is 160 Å². The van der Waals surface area contributed by atoms with Crippen molar-refractivity contribution >= 4 is 11.5 Å². The lowest BCUT2D eigenvalue weighted by Gasteiger charge is -2.27. The van der Waals surface area contributed by atoms with Gasteiger partial charge in [0.2, 0.25) is 0 Å². The number of rotatable bonds is 6. The molecule has 0 bridgehead atoms. The highest BCUT2D eigenvalue weighted by Gasteiger charge is 2.29. The number of Topliss-reactive ketones (excluding diaryl/α,β-unsaturated/α-hetero) is 1. The Morgan fingerprint density at radius 2 is 1.78 bits per heavy atom. The van der Waals surface area contributed by atoms with E-state index in [1.165, 1.54) is 24.0 Å². The molecule has 1 N–H and O–H groups in total. The number of fused-ring (bicyclic) bond motifs is 1. The average Bonchev–Trinajstić information content (AvgIpc) is 3.26. The summed E-state index contributed by atoms with van der Waals surface area (Å²) in [6.07, 6.45) is 6.36. The van der Waals surface area contributed by atoms with Gasteiger partial charge in [0.05, 0.1) is 12.3 Å². The molecule has 3 heteroatoms. The summed E-state index contributed by atoms with van der Waals surface area (Å²) in [5.41, 5.74) is 4.67. The van der Waals surface area contributed by atoms with Crippen LogP contribution in [0.3, 0.4) is 0 Å². The number of hydrogen-bond acceptors (Lipinski definition) is 3. The number of hydrogen-bond donors (Lipinski definition) is 1. The van der Waals surface area contributed by atoms with Gasteiger partial charge in [-0.25, -0.2) is 0 Å². The minimum atomic E-state index is -0.252. The Balaban J connectivity index is 1.66. The molecule has 2 unspecified atom stereocenters. The van der Waals surface area contributed by atoms with E-state index in [4.69, 9.17) is 4.42 Å². The third-order valence-corrected chi connectivity index (χ3v) is 5.53. The van der Waals surface area contributed by atoms with Crippen molar-refractivity contribution in [3.63, 3.8) is 0 Å². The highest BCUT2D eigenvalue weighted by molar-refractivity contribution is 5.98. The first-order valence-corrected chi connectivity index (χ1v) is 9.74. The van der Waals surface area contributed by atoms with Crippen LogP contribution in [0.2, 0.25) is 0 Å². The van der Waals surface area contributed by atoms with Crippen LogP contribution in [0.4, 0.5) is 5.69 Å². The first-order chi connectivity index (χ1) is 13.2. The first-order valence-electron chi connectivity index (χ1n) is 9.74. The van der Waals surface area contributed by atoms with Gasteiger partial charge in [0.25, 0.3) is 0 Å². The molecule has 0 saturated carbocycles. The van der Waals surface area contributed by atoms with E-state index in [9.17, 15) is 4.79 Å². The van der Waals surface area contributed by atoms with Gasteiger partial charge in [-0.3, -0.25) is 4.79 Å². The third-order valence-electron chi connectivity index (χ3n) is 5.53. The zero-order chi connectivity index (χ0) is 18.6. The maximum absolute atomic E-state index is 13.1. The number of furan rings is 1. The summed E-state index contributed by atoms with van der Waals surface area (Å²) in [4.78, 5) is 13.1. The van der Waals surface area contributed by atoms with Crippen molar-refractivity contribution in [2.75, 3.05) is 5.32 Å². The Bertz CT molecular complexity index is 899. The fraction of sp³-hybridized carbons (Fsp3) is 0.292. The predicted octanol–water partition coefficient (Wildman–Crippen LogP) is 5.83. The molecule has 0 radical (unpaired) electrons. The predicted molar refractivity (Wildman–Crippen MR) is 108 cm³/mol. The summed E-state index contributed by atoms with van der Waals surface area (Å²) in [5.74, 6) is 0.660. The van der Waals surface area contributed by atoms with Gasteiger partial charge in [-0.15, -0.1) is 0 Å². The van der Waals surface area contributed by atoms with Gasteiger partial charge in [-0.1, -0.05) is 49.4 Å². The minimum Gasteiger partial charge on any atom is -0.467 e. The molecule has 0 saturated heterocycles. The third kappa shape index (κ3) is 3.68. The van der Waals surface area contributed by atoms with Gasteiger partial charge < -0.3 is 9.73 Å². The van der Waals surface area contributed by atoms with Crippen molar-refractivity contribution in [3.05, 3.63) is 89.4 Å². The molecule has 2 atom stereocenters. The molecule has 1 aliphatic rings. The second kappa shape index (κ2) is 7.83. The van der Waals surface area contributed by atoms with E-state index >= 15 is 0 Å². The number of anilines is 1. The van der Waals surface area contributed by atoms with Crippen LogP contribution in [0.1, 0.15) is 53.1 Å². The van der Waals surface area contributed by atoms with Crippen LogP contribution in [0, 0.1) is 5.92 Å². The lowest BCUT2D eigenvalue weighted by Crippen LogP contribution is -2.26. The van der Waals surface area contributed by atoms with Crippen molar-refractivity contribution in [3.8, 4) is 0 Å².